The summed E-state index contributed by atoms with van der Waals surface area (Å²) in [4.78, 5) is 6.25. The maximum Gasteiger partial charge on any atom is 0.152 e. The van der Waals surface area contributed by atoms with Crippen LogP contribution < -0.4 is 15.0 Å². The van der Waals surface area contributed by atoms with E-state index < -0.39 is 11.6 Å². The Kier molecular flexibility index (Phi) is 5.67. The predicted octanol–water partition coefficient (Wildman–Crippen LogP) is 4.15. The van der Waals surface area contributed by atoms with Crippen LogP contribution in [-0.4, -0.2) is 37.3 Å². The molecule has 1 fully saturated rings. The van der Waals surface area contributed by atoms with Crippen molar-refractivity contribution in [2.75, 3.05) is 31.1 Å². The van der Waals surface area contributed by atoms with E-state index in [9.17, 15) is 8.78 Å². The second-order valence-electron chi connectivity index (χ2n) is 6.99. The molecule has 0 amide bonds. The van der Waals surface area contributed by atoms with Crippen LogP contribution in [0.5, 0.6) is 5.75 Å². The van der Waals surface area contributed by atoms with Crippen molar-refractivity contribution in [2.24, 2.45) is 0 Å². The van der Waals surface area contributed by atoms with Crippen LogP contribution in [0, 0.1) is 11.6 Å². The van der Waals surface area contributed by atoms with Gasteiger partial charge < -0.3 is 15.0 Å². The van der Waals surface area contributed by atoms with Crippen LogP contribution in [-0.2, 0) is 0 Å². The van der Waals surface area contributed by atoms with E-state index in [0.717, 1.165) is 50.0 Å². The Morgan fingerprint density at radius 1 is 1.07 bits per heavy atom. The van der Waals surface area contributed by atoms with Gasteiger partial charge in [-0.2, -0.15) is 0 Å². The van der Waals surface area contributed by atoms with Gasteiger partial charge in [0.05, 0.1) is 0 Å². The fourth-order valence-electron chi connectivity index (χ4n) is 3.71. The summed E-state index contributed by atoms with van der Waals surface area (Å²) in [6, 6.07) is 14.3. The number of piperidine rings is 1. The highest BCUT2D eigenvalue weighted by atomic mass is 19.1. The fourth-order valence-corrected chi connectivity index (χ4v) is 3.71. The molecule has 3 aromatic rings. The number of aromatic nitrogens is 1. The third-order valence-corrected chi connectivity index (χ3v) is 5.12. The lowest BCUT2D eigenvalue weighted by Crippen LogP contribution is -2.43. The van der Waals surface area contributed by atoms with Crippen molar-refractivity contribution >= 4 is 16.6 Å². The molecule has 6 heteroatoms. The summed E-state index contributed by atoms with van der Waals surface area (Å²) in [6.45, 7) is 3.06. The van der Waals surface area contributed by atoms with Crippen LogP contribution in [0.3, 0.4) is 0 Å². The molecule has 146 valence electrons. The van der Waals surface area contributed by atoms with E-state index in [4.69, 9.17) is 4.74 Å². The Balaban J connectivity index is 1.31. The highest BCUT2D eigenvalue weighted by molar-refractivity contribution is 5.92. The van der Waals surface area contributed by atoms with Gasteiger partial charge in [0.2, 0.25) is 0 Å². The van der Waals surface area contributed by atoms with Gasteiger partial charge in [-0.05, 0) is 37.1 Å². The number of benzene rings is 2. The van der Waals surface area contributed by atoms with Crippen molar-refractivity contribution in [1.82, 2.24) is 10.3 Å². The van der Waals surface area contributed by atoms with Crippen molar-refractivity contribution < 1.29 is 13.5 Å². The zero-order chi connectivity index (χ0) is 19.3. The maximum atomic E-state index is 14.0. The Hall–Kier alpha value is -2.73. The van der Waals surface area contributed by atoms with Crippen LogP contribution in [0.15, 0.2) is 54.7 Å². The first-order valence-electron chi connectivity index (χ1n) is 9.60. The quantitative estimate of drug-likeness (QED) is 0.649. The number of para-hydroxylation sites is 1. The van der Waals surface area contributed by atoms with Crippen molar-refractivity contribution in [3.8, 4) is 5.75 Å². The van der Waals surface area contributed by atoms with E-state index in [1.54, 1.807) is 6.20 Å². The molecule has 0 aliphatic carbocycles. The SMILES string of the molecule is Fc1cc(F)c2nccc(N3CCC(NCCOc4ccccc4)CC3)c2c1. The molecular formula is C22H23F2N3O. The Morgan fingerprint density at radius 2 is 1.86 bits per heavy atom. The number of halogens is 2. The smallest absolute Gasteiger partial charge is 0.152 e. The Labute approximate surface area is 163 Å². The zero-order valence-electron chi connectivity index (χ0n) is 15.6. The molecule has 2 aromatic carbocycles. The van der Waals surface area contributed by atoms with Crippen molar-refractivity contribution in [3.05, 3.63) is 66.4 Å². The molecule has 4 nitrogen and oxygen atoms in total. The molecule has 1 saturated heterocycles. The van der Waals surface area contributed by atoms with Gasteiger partial charge in [0.1, 0.15) is 23.7 Å². The topological polar surface area (TPSA) is 37.4 Å². The van der Waals surface area contributed by atoms with Gasteiger partial charge in [0.15, 0.2) is 5.82 Å². The van der Waals surface area contributed by atoms with Crippen LogP contribution in [0.2, 0.25) is 0 Å². The van der Waals surface area contributed by atoms with Crippen LogP contribution in [0.4, 0.5) is 14.5 Å². The summed E-state index contributed by atoms with van der Waals surface area (Å²) in [5, 5.41) is 4.07. The molecule has 1 N–H and O–H groups in total. The van der Waals surface area contributed by atoms with Gasteiger partial charge >= 0.3 is 0 Å². The van der Waals surface area contributed by atoms with Gasteiger partial charge in [0, 0.05) is 49.0 Å². The van der Waals surface area contributed by atoms with E-state index in [0.29, 0.717) is 18.0 Å². The number of nitrogens with zero attached hydrogens (tertiary/aromatic N) is 2. The summed E-state index contributed by atoms with van der Waals surface area (Å²) in [7, 11) is 0. The van der Waals surface area contributed by atoms with Crippen molar-refractivity contribution in [3.63, 3.8) is 0 Å². The fraction of sp³-hybridized carbons (Fsp3) is 0.318. The lowest BCUT2D eigenvalue weighted by molar-refractivity contribution is 0.296. The second kappa shape index (κ2) is 8.52. The number of hydrogen-bond acceptors (Lipinski definition) is 4. The third kappa shape index (κ3) is 4.22. The maximum absolute atomic E-state index is 14.0. The molecule has 28 heavy (non-hydrogen) atoms. The van der Waals surface area contributed by atoms with E-state index in [1.807, 2.05) is 36.4 Å². The molecule has 1 aliphatic rings. The molecule has 0 radical (unpaired) electrons. The Bertz CT molecular complexity index is 928. The number of hydrogen-bond donors (Lipinski definition) is 1. The van der Waals surface area contributed by atoms with Crippen molar-refractivity contribution in [2.45, 2.75) is 18.9 Å². The minimum atomic E-state index is -0.619. The van der Waals surface area contributed by atoms with Gasteiger partial charge in [-0.3, -0.25) is 4.98 Å². The molecular weight excluding hydrogens is 360 g/mol. The summed E-state index contributed by atoms with van der Waals surface area (Å²) in [5.74, 6) is -0.316. The van der Waals surface area contributed by atoms with Crippen LogP contribution >= 0.6 is 0 Å². The van der Waals surface area contributed by atoms with Crippen molar-refractivity contribution in [1.29, 1.82) is 0 Å². The largest absolute Gasteiger partial charge is 0.492 e. The Morgan fingerprint density at radius 3 is 2.64 bits per heavy atom. The van der Waals surface area contributed by atoms with Gasteiger partial charge in [-0.1, -0.05) is 18.2 Å². The predicted molar refractivity (Wildman–Crippen MR) is 107 cm³/mol. The first kappa shape index (κ1) is 18.6. The molecule has 2 heterocycles. The lowest BCUT2D eigenvalue weighted by Gasteiger charge is -2.34. The molecule has 0 saturated carbocycles. The van der Waals surface area contributed by atoms with E-state index in [-0.39, 0.29) is 5.52 Å². The second-order valence-corrected chi connectivity index (χ2v) is 6.99. The first-order valence-corrected chi connectivity index (χ1v) is 9.60. The van der Waals surface area contributed by atoms with E-state index >= 15 is 0 Å². The normalized spacial score (nSPS) is 15.1. The van der Waals surface area contributed by atoms with Gasteiger partial charge in [0.25, 0.3) is 0 Å². The average Bonchev–Trinajstić information content (AvgIpc) is 2.72. The molecule has 0 atom stereocenters. The third-order valence-electron chi connectivity index (χ3n) is 5.12. The molecule has 1 aromatic heterocycles. The summed E-state index contributed by atoms with van der Waals surface area (Å²) in [5.41, 5.74) is 1.06. The van der Waals surface area contributed by atoms with Gasteiger partial charge in [-0.25, -0.2) is 8.78 Å². The summed E-state index contributed by atoms with van der Waals surface area (Å²) in [6.07, 6.45) is 3.52. The van der Waals surface area contributed by atoms with Crippen LogP contribution in [0.25, 0.3) is 10.9 Å². The summed E-state index contributed by atoms with van der Waals surface area (Å²) >= 11 is 0. The number of anilines is 1. The summed E-state index contributed by atoms with van der Waals surface area (Å²) < 4.78 is 33.4. The number of rotatable bonds is 6. The molecule has 0 bridgehead atoms. The number of fused-ring (bicyclic) bond motifs is 1. The molecule has 0 unspecified atom stereocenters. The standard InChI is InChI=1S/C22H23F2N3O/c23-16-14-19-21(6-9-26-22(19)20(24)15-16)27-11-7-17(8-12-27)25-10-13-28-18-4-2-1-3-5-18/h1-6,9,14-15,17,25H,7-8,10-13H2. The monoisotopic (exact) mass is 383 g/mol. The highest BCUT2D eigenvalue weighted by Crippen LogP contribution is 2.29. The molecule has 0 spiro atoms. The zero-order valence-corrected chi connectivity index (χ0v) is 15.6. The molecule has 4 rings (SSSR count). The van der Waals surface area contributed by atoms with Crippen LogP contribution in [0.1, 0.15) is 12.8 Å². The minimum absolute atomic E-state index is 0.220. The van der Waals surface area contributed by atoms with E-state index in [1.165, 1.54) is 6.07 Å². The highest BCUT2D eigenvalue weighted by Gasteiger charge is 2.21. The number of pyridine rings is 1. The number of ether oxygens (including phenoxy) is 1. The first-order chi connectivity index (χ1) is 13.7. The number of nitrogens with one attached hydrogen (secondary N) is 1. The minimum Gasteiger partial charge on any atom is -0.492 e. The molecule has 1 aliphatic heterocycles. The van der Waals surface area contributed by atoms with Gasteiger partial charge in [-0.15, -0.1) is 0 Å². The average molecular weight is 383 g/mol. The lowest BCUT2D eigenvalue weighted by atomic mass is 10.0. The van der Waals surface area contributed by atoms with E-state index in [2.05, 4.69) is 15.2 Å².